The fraction of sp³-hybridized carbons (Fsp3) is 0.217. The van der Waals surface area contributed by atoms with Crippen LogP contribution in [-0.2, 0) is 0 Å². The molecule has 3 aromatic heterocycles. The van der Waals surface area contributed by atoms with Gasteiger partial charge in [-0.15, -0.1) is 0 Å². The summed E-state index contributed by atoms with van der Waals surface area (Å²) in [6.07, 6.45) is 7.59. The minimum atomic E-state index is 0.703. The number of aromatic nitrogens is 4. The van der Waals surface area contributed by atoms with Gasteiger partial charge in [-0.25, -0.2) is 14.7 Å². The molecule has 1 aliphatic heterocycles. The maximum absolute atomic E-state index is 4.64. The van der Waals surface area contributed by atoms with Crippen molar-refractivity contribution in [3.63, 3.8) is 0 Å². The molecule has 1 fully saturated rings. The van der Waals surface area contributed by atoms with Gasteiger partial charge in [0, 0.05) is 55.1 Å². The fourth-order valence-corrected chi connectivity index (χ4v) is 4.78. The Bertz CT molecular complexity index is 1260. The monoisotopic (exact) mass is 429 g/mol. The zero-order valence-corrected chi connectivity index (χ0v) is 18.1. The Morgan fingerprint density at radius 1 is 1.13 bits per heavy atom. The Kier molecular flexibility index (Phi) is 5.31. The van der Waals surface area contributed by atoms with Gasteiger partial charge in [-0.2, -0.15) is 5.10 Å². The molecule has 1 N–H and O–H groups in total. The number of thiazole rings is 1. The summed E-state index contributed by atoms with van der Waals surface area (Å²) >= 11 is 1.71. The van der Waals surface area contributed by atoms with Crippen LogP contribution in [-0.4, -0.2) is 52.6 Å². The topological polar surface area (TPSA) is 71.2 Å². The molecular weight excluding hydrogens is 406 g/mol. The first-order chi connectivity index (χ1) is 15.2. The van der Waals surface area contributed by atoms with E-state index in [2.05, 4.69) is 50.0 Å². The molecule has 0 saturated carbocycles. The van der Waals surface area contributed by atoms with E-state index in [0.29, 0.717) is 5.82 Å². The van der Waals surface area contributed by atoms with Crippen LogP contribution in [0.5, 0.6) is 0 Å². The number of rotatable bonds is 5. The number of aliphatic imine (C=N–C) groups is 1. The Hall–Kier alpha value is -3.36. The first-order valence-electron chi connectivity index (χ1n) is 10.2. The summed E-state index contributed by atoms with van der Waals surface area (Å²) in [5.41, 5.74) is 3.95. The number of hydrogen-bond donors (Lipinski definition) is 1. The molecule has 1 aromatic carbocycles. The van der Waals surface area contributed by atoms with Crippen LogP contribution in [0.3, 0.4) is 0 Å². The van der Waals surface area contributed by atoms with Crippen LogP contribution in [0.15, 0.2) is 53.9 Å². The van der Waals surface area contributed by atoms with E-state index in [1.165, 1.54) is 5.00 Å². The molecule has 0 amide bonds. The highest BCUT2D eigenvalue weighted by atomic mass is 32.1. The maximum atomic E-state index is 4.64. The molecule has 0 spiro atoms. The summed E-state index contributed by atoms with van der Waals surface area (Å²) in [6, 6.07) is 10.1. The van der Waals surface area contributed by atoms with Crippen molar-refractivity contribution >= 4 is 51.5 Å². The van der Waals surface area contributed by atoms with Gasteiger partial charge in [0.25, 0.3) is 0 Å². The van der Waals surface area contributed by atoms with Crippen molar-refractivity contribution in [2.24, 2.45) is 4.99 Å². The van der Waals surface area contributed by atoms with E-state index < -0.39 is 0 Å². The zero-order valence-electron chi connectivity index (χ0n) is 17.3. The molecule has 0 unspecified atom stereocenters. The second-order valence-electron chi connectivity index (χ2n) is 7.41. The van der Waals surface area contributed by atoms with Crippen LogP contribution in [0.1, 0.15) is 11.9 Å². The molecule has 4 heterocycles. The predicted octanol–water partition coefficient (Wildman–Crippen LogP) is 4.31. The molecule has 0 radical (unpaired) electrons. The van der Waals surface area contributed by atoms with Crippen LogP contribution in [0.25, 0.3) is 33.8 Å². The van der Waals surface area contributed by atoms with Crippen molar-refractivity contribution in [1.29, 1.82) is 0 Å². The molecule has 156 valence electrons. The molecule has 1 saturated heterocycles. The quantitative estimate of drug-likeness (QED) is 0.479. The molecule has 0 bridgehead atoms. The summed E-state index contributed by atoms with van der Waals surface area (Å²) in [5, 5.41) is 11.2. The van der Waals surface area contributed by atoms with E-state index in [9.17, 15) is 0 Å². The van der Waals surface area contributed by atoms with Crippen LogP contribution in [0.4, 0.5) is 10.8 Å². The van der Waals surface area contributed by atoms with E-state index in [0.717, 1.165) is 58.8 Å². The van der Waals surface area contributed by atoms with Gasteiger partial charge in [0.15, 0.2) is 5.82 Å². The van der Waals surface area contributed by atoms with E-state index in [1.807, 2.05) is 49.1 Å². The van der Waals surface area contributed by atoms with Crippen LogP contribution in [0.2, 0.25) is 0 Å². The number of para-hydroxylation sites is 1. The lowest BCUT2D eigenvalue weighted by atomic mass is 10.0. The van der Waals surface area contributed by atoms with Gasteiger partial charge < -0.3 is 10.2 Å². The fourth-order valence-electron chi connectivity index (χ4n) is 3.85. The molecular formula is C23H23N7S. The van der Waals surface area contributed by atoms with Gasteiger partial charge in [-0.05, 0) is 31.3 Å². The number of fused-ring (bicyclic) bond motifs is 1. The summed E-state index contributed by atoms with van der Waals surface area (Å²) in [6.45, 7) is 9.89. The Labute approximate surface area is 184 Å². The van der Waals surface area contributed by atoms with Gasteiger partial charge in [0.1, 0.15) is 10.0 Å². The largest absolute Gasteiger partial charge is 0.360 e. The highest BCUT2D eigenvalue weighted by Gasteiger charge is 2.16. The number of piperazine rings is 1. The van der Waals surface area contributed by atoms with Crippen molar-refractivity contribution in [2.45, 2.75) is 6.92 Å². The third-order valence-electron chi connectivity index (χ3n) is 5.43. The standard InChI is InChI=1S/C23H23N7S/c1-16(23-27-14-21(31-23)29-11-9-25-10-12-29)15-30-22(24-2)19(13-28-30)17-7-8-26-20-6-4-3-5-18(17)20/h3-8,13-15,25H,2,9-12H2,1H3/b16-15+. The van der Waals surface area contributed by atoms with E-state index >= 15 is 0 Å². The first kappa shape index (κ1) is 19.6. The minimum Gasteiger partial charge on any atom is -0.360 e. The number of pyridine rings is 1. The molecule has 0 aliphatic carbocycles. The normalized spacial score (nSPS) is 14.9. The predicted molar refractivity (Wildman–Crippen MR) is 129 cm³/mol. The Balaban J connectivity index is 1.49. The van der Waals surface area contributed by atoms with Gasteiger partial charge in [0.05, 0.1) is 17.9 Å². The highest BCUT2D eigenvalue weighted by molar-refractivity contribution is 7.16. The highest BCUT2D eigenvalue weighted by Crippen LogP contribution is 2.35. The van der Waals surface area contributed by atoms with Gasteiger partial charge in [-0.1, -0.05) is 29.5 Å². The summed E-state index contributed by atoms with van der Waals surface area (Å²) < 4.78 is 1.78. The number of hydrogen-bond acceptors (Lipinski definition) is 7. The average Bonchev–Trinajstić information content (AvgIpc) is 3.47. The van der Waals surface area contributed by atoms with Gasteiger partial charge in [-0.3, -0.25) is 4.98 Å². The minimum absolute atomic E-state index is 0.703. The summed E-state index contributed by atoms with van der Waals surface area (Å²) in [5.74, 6) is 0.703. The van der Waals surface area contributed by atoms with Crippen LogP contribution >= 0.6 is 11.3 Å². The van der Waals surface area contributed by atoms with Crippen molar-refractivity contribution in [2.75, 3.05) is 31.1 Å². The second kappa shape index (κ2) is 8.41. The lowest BCUT2D eigenvalue weighted by Gasteiger charge is -2.27. The van der Waals surface area contributed by atoms with Crippen molar-refractivity contribution in [3.05, 3.63) is 53.9 Å². The molecule has 5 rings (SSSR count). The van der Waals surface area contributed by atoms with Crippen LogP contribution in [0, 0.1) is 0 Å². The molecule has 8 heteroatoms. The number of benzene rings is 1. The smallest absolute Gasteiger partial charge is 0.162 e. The molecule has 1 aliphatic rings. The van der Waals surface area contributed by atoms with Crippen molar-refractivity contribution in [1.82, 2.24) is 25.1 Å². The SMILES string of the molecule is C=Nc1c(-c2ccnc3ccccc23)cnn1/C=C(\C)c1ncc(N2CCNCC2)s1. The second-order valence-corrected chi connectivity index (χ2v) is 8.42. The lowest BCUT2D eigenvalue weighted by Crippen LogP contribution is -2.43. The maximum Gasteiger partial charge on any atom is 0.162 e. The lowest BCUT2D eigenvalue weighted by molar-refractivity contribution is 0.591. The Morgan fingerprint density at radius 2 is 1.97 bits per heavy atom. The number of nitrogens with zero attached hydrogens (tertiary/aromatic N) is 6. The number of allylic oxidation sites excluding steroid dienone is 1. The third kappa shape index (κ3) is 3.75. The van der Waals surface area contributed by atoms with E-state index in [4.69, 9.17) is 0 Å². The first-order valence-corrected chi connectivity index (χ1v) is 11.0. The van der Waals surface area contributed by atoms with Crippen molar-refractivity contribution < 1.29 is 0 Å². The van der Waals surface area contributed by atoms with Gasteiger partial charge >= 0.3 is 0 Å². The third-order valence-corrected chi connectivity index (χ3v) is 6.63. The number of nitrogens with one attached hydrogen (secondary N) is 1. The van der Waals surface area contributed by atoms with Crippen LogP contribution < -0.4 is 10.2 Å². The molecule has 31 heavy (non-hydrogen) atoms. The summed E-state index contributed by atoms with van der Waals surface area (Å²) in [4.78, 5) is 15.8. The van der Waals surface area contributed by atoms with Crippen molar-refractivity contribution in [3.8, 4) is 11.1 Å². The average molecular weight is 430 g/mol. The van der Waals surface area contributed by atoms with E-state index in [1.54, 1.807) is 16.0 Å². The van der Waals surface area contributed by atoms with Gasteiger partial charge in [0.2, 0.25) is 0 Å². The molecule has 4 aromatic rings. The molecule has 7 nitrogen and oxygen atoms in total. The van der Waals surface area contributed by atoms with E-state index in [-0.39, 0.29) is 0 Å². The number of anilines is 1. The Morgan fingerprint density at radius 3 is 2.81 bits per heavy atom. The zero-order chi connectivity index (χ0) is 21.2. The summed E-state index contributed by atoms with van der Waals surface area (Å²) in [7, 11) is 0. The molecule has 0 atom stereocenters.